The number of fused-ring (bicyclic) bond motifs is 1. The van der Waals surface area contributed by atoms with Gasteiger partial charge in [0.2, 0.25) is 5.91 Å². The van der Waals surface area contributed by atoms with E-state index in [1.807, 2.05) is 18.2 Å². The number of amides is 2. The minimum Gasteiger partial charge on any atom is -0.479 e. The van der Waals surface area contributed by atoms with E-state index in [1.165, 1.54) is 16.2 Å². The molecule has 0 spiro atoms. The molecular formula is C20H22N4O5S. The number of aliphatic carboxylic acids is 1. The first-order chi connectivity index (χ1) is 14.5. The Morgan fingerprint density at radius 2 is 2.23 bits per heavy atom. The molecule has 1 aliphatic heterocycles. The van der Waals surface area contributed by atoms with Crippen molar-refractivity contribution >= 4 is 40.5 Å². The van der Waals surface area contributed by atoms with Crippen molar-refractivity contribution < 1.29 is 24.2 Å². The van der Waals surface area contributed by atoms with Gasteiger partial charge in [0.1, 0.15) is 5.00 Å². The van der Waals surface area contributed by atoms with Crippen molar-refractivity contribution in [3.63, 3.8) is 0 Å². The molecule has 0 saturated carbocycles. The summed E-state index contributed by atoms with van der Waals surface area (Å²) >= 11 is 1.39. The maximum atomic E-state index is 12.5. The molecule has 0 atom stereocenters. The molecule has 0 aliphatic carbocycles. The number of aromatic nitrogens is 1. The van der Waals surface area contributed by atoms with Crippen LogP contribution in [0.5, 0.6) is 0 Å². The van der Waals surface area contributed by atoms with Gasteiger partial charge in [0.15, 0.2) is 6.61 Å². The number of carbonyl (C=O) groups excluding carboxylic acids is 2. The Bertz CT molecular complexity index is 958. The predicted octanol–water partition coefficient (Wildman–Crippen LogP) is 2.34. The molecule has 30 heavy (non-hydrogen) atoms. The summed E-state index contributed by atoms with van der Waals surface area (Å²) in [7, 11) is 1.66. The van der Waals surface area contributed by atoms with E-state index in [1.54, 1.807) is 19.5 Å². The summed E-state index contributed by atoms with van der Waals surface area (Å²) in [5, 5.41) is 12.3. The van der Waals surface area contributed by atoms with E-state index in [9.17, 15) is 14.4 Å². The summed E-state index contributed by atoms with van der Waals surface area (Å²) in [4.78, 5) is 45.8. The number of aryl methyl sites for hydroxylation is 1. The molecule has 9 nitrogen and oxygen atoms in total. The molecule has 0 aromatic carbocycles. The van der Waals surface area contributed by atoms with Gasteiger partial charge in [-0.05, 0) is 30.5 Å². The van der Waals surface area contributed by atoms with Gasteiger partial charge in [-0.1, -0.05) is 6.07 Å². The van der Waals surface area contributed by atoms with Crippen molar-refractivity contribution in [3.8, 4) is 0 Å². The topological polar surface area (TPSA) is 121 Å². The lowest BCUT2D eigenvalue weighted by molar-refractivity contribution is -0.140. The quantitative estimate of drug-likeness (QED) is 0.651. The molecule has 0 radical (unpaired) electrons. The van der Waals surface area contributed by atoms with Crippen LogP contribution in [0.15, 0.2) is 29.4 Å². The number of nitrogens with one attached hydrogen (secondary N) is 1. The molecule has 10 heteroatoms. The van der Waals surface area contributed by atoms with Gasteiger partial charge in [-0.25, -0.2) is 9.59 Å². The van der Waals surface area contributed by atoms with Crippen molar-refractivity contribution in [1.82, 2.24) is 9.88 Å². The van der Waals surface area contributed by atoms with Crippen LogP contribution in [0.3, 0.4) is 0 Å². The fraction of sp³-hybridized carbons (Fsp3) is 0.350. The third-order valence-corrected chi connectivity index (χ3v) is 5.67. The second kappa shape index (κ2) is 9.97. The molecular weight excluding hydrogens is 408 g/mol. The van der Waals surface area contributed by atoms with Crippen LogP contribution in [0, 0.1) is 0 Å². The molecule has 0 fully saturated rings. The van der Waals surface area contributed by atoms with Crippen molar-refractivity contribution in [2.75, 3.05) is 25.5 Å². The highest BCUT2D eigenvalue weighted by Gasteiger charge is 2.28. The van der Waals surface area contributed by atoms with Crippen LogP contribution in [0.4, 0.5) is 9.80 Å². The number of carboxylic acids is 1. The van der Waals surface area contributed by atoms with Crippen LogP contribution in [0.2, 0.25) is 0 Å². The maximum absolute atomic E-state index is 12.5. The summed E-state index contributed by atoms with van der Waals surface area (Å²) < 4.78 is 4.77. The minimum absolute atomic E-state index is 0.122. The first-order valence-electron chi connectivity index (χ1n) is 9.38. The molecule has 0 saturated heterocycles. The number of pyridine rings is 1. The Balaban J connectivity index is 1.68. The molecule has 0 bridgehead atoms. The van der Waals surface area contributed by atoms with Gasteiger partial charge < -0.3 is 20.1 Å². The zero-order chi connectivity index (χ0) is 21.5. The Hall–Kier alpha value is -3.27. The molecule has 3 heterocycles. The van der Waals surface area contributed by atoms with E-state index >= 15 is 0 Å². The average Bonchev–Trinajstić information content (AvgIpc) is 3.07. The van der Waals surface area contributed by atoms with Crippen LogP contribution in [0.1, 0.15) is 28.1 Å². The Morgan fingerprint density at radius 1 is 1.40 bits per heavy atom. The number of hydrogen-bond donors (Lipinski definition) is 2. The van der Waals surface area contributed by atoms with E-state index in [0.717, 1.165) is 21.7 Å². The number of carbonyl (C=O) groups is 3. The van der Waals surface area contributed by atoms with Crippen LogP contribution in [-0.2, 0) is 33.7 Å². The van der Waals surface area contributed by atoms with E-state index in [0.29, 0.717) is 37.4 Å². The highest BCUT2D eigenvalue weighted by molar-refractivity contribution is 7.16. The lowest BCUT2D eigenvalue weighted by Crippen LogP contribution is -2.36. The summed E-state index contributed by atoms with van der Waals surface area (Å²) in [6.45, 7) is 0.0323. The van der Waals surface area contributed by atoms with Gasteiger partial charge in [-0.15, -0.1) is 11.3 Å². The van der Waals surface area contributed by atoms with E-state index in [2.05, 4.69) is 15.3 Å². The molecule has 2 N–H and O–H groups in total. The van der Waals surface area contributed by atoms with Gasteiger partial charge in [-0.2, -0.15) is 0 Å². The maximum Gasteiger partial charge on any atom is 0.410 e. The lowest BCUT2D eigenvalue weighted by atomic mass is 10.0. The van der Waals surface area contributed by atoms with Crippen LogP contribution in [0.25, 0.3) is 0 Å². The summed E-state index contributed by atoms with van der Waals surface area (Å²) in [5.41, 5.74) is 2.74. The molecule has 3 rings (SSSR count). The van der Waals surface area contributed by atoms with Crippen LogP contribution < -0.4 is 5.32 Å². The van der Waals surface area contributed by atoms with E-state index < -0.39 is 18.7 Å². The highest BCUT2D eigenvalue weighted by Crippen LogP contribution is 2.36. The van der Waals surface area contributed by atoms with Crippen LogP contribution >= 0.6 is 11.3 Å². The number of carboxylic acid groups (broad SMARTS) is 1. The number of ether oxygens (including phenoxy) is 1. The van der Waals surface area contributed by atoms with Crippen molar-refractivity contribution in [2.24, 2.45) is 4.99 Å². The second-order valence-electron chi connectivity index (χ2n) is 6.62. The van der Waals surface area contributed by atoms with Crippen molar-refractivity contribution in [3.05, 3.63) is 46.1 Å². The number of nitrogens with zero attached hydrogens (tertiary/aromatic N) is 3. The normalized spacial score (nSPS) is 13.2. The Morgan fingerprint density at radius 3 is 2.93 bits per heavy atom. The van der Waals surface area contributed by atoms with Gasteiger partial charge >= 0.3 is 12.1 Å². The number of aliphatic imine (C=N–C) groups is 1. The smallest absolute Gasteiger partial charge is 0.410 e. The zero-order valence-corrected chi connectivity index (χ0v) is 17.3. The van der Waals surface area contributed by atoms with Gasteiger partial charge in [-0.3, -0.25) is 14.8 Å². The number of hydrogen-bond acceptors (Lipinski definition) is 7. The number of thiophene rings is 1. The Kier molecular flexibility index (Phi) is 7.12. The SMILES string of the molecule is CN=Cc1c(NC(=O)CCc2ccccn2)sc2c1CCN(C(=O)OCC(=O)O)C2. The number of rotatable bonds is 7. The summed E-state index contributed by atoms with van der Waals surface area (Å²) in [5.74, 6) is -1.32. The minimum atomic E-state index is -1.20. The van der Waals surface area contributed by atoms with E-state index in [4.69, 9.17) is 9.84 Å². The molecule has 1 aliphatic rings. The third-order valence-electron chi connectivity index (χ3n) is 4.52. The lowest BCUT2D eigenvalue weighted by Gasteiger charge is -2.26. The molecule has 158 valence electrons. The molecule has 2 aromatic heterocycles. The second-order valence-corrected chi connectivity index (χ2v) is 7.73. The summed E-state index contributed by atoms with van der Waals surface area (Å²) in [6, 6.07) is 5.60. The average molecular weight is 430 g/mol. The molecule has 2 aromatic rings. The Labute approximate surface area is 177 Å². The highest BCUT2D eigenvalue weighted by atomic mass is 32.1. The first-order valence-corrected chi connectivity index (χ1v) is 10.2. The number of anilines is 1. The van der Waals surface area contributed by atoms with Crippen molar-refractivity contribution in [2.45, 2.75) is 25.8 Å². The fourth-order valence-electron chi connectivity index (χ4n) is 3.13. The van der Waals surface area contributed by atoms with E-state index in [-0.39, 0.29) is 5.91 Å². The molecule has 0 unspecified atom stereocenters. The first kappa shape index (κ1) is 21.4. The van der Waals surface area contributed by atoms with Gasteiger partial charge in [0, 0.05) is 48.6 Å². The predicted molar refractivity (Wildman–Crippen MR) is 112 cm³/mol. The zero-order valence-electron chi connectivity index (χ0n) is 16.5. The fourth-order valence-corrected chi connectivity index (χ4v) is 4.39. The van der Waals surface area contributed by atoms with Crippen molar-refractivity contribution in [1.29, 1.82) is 0 Å². The standard InChI is InChI=1S/C20H22N4O5S/c1-21-10-15-14-7-9-24(20(28)29-12-18(26)27)11-16(14)30-19(15)23-17(25)6-5-13-4-2-3-8-22-13/h2-4,8,10H,5-7,9,11-12H2,1H3,(H,23,25)(H,26,27). The van der Waals surface area contributed by atoms with Gasteiger partial charge in [0.05, 0.1) is 6.54 Å². The van der Waals surface area contributed by atoms with Gasteiger partial charge in [0.25, 0.3) is 0 Å². The monoisotopic (exact) mass is 430 g/mol. The third kappa shape index (κ3) is 5.41. The largest absolute Gasteiger partial charge is 0.479 e. The van der Waals surface area contributed by atoms with Crippen LogP contribution in [-0.4, -0.2) is 59.4 Å². The summed E-state index contributed by atoms with van der Waals surface area (Å²) in [6.07, 6.45) is 4.15. The molecule has 2 amide bonds.